The predicted octanol–water partition coefficient (Wildman–Crippen LogP) is 5.01. The fraction of sp³-hybridized carbons (Fsp3) is 0.118. The fourth-order valence-electron chi connectivity index (χ4n) is 2.41. The van der Waals surface area contributed by atoms with Gasteiger partial charge in [0.15, 0.2) is 5.76 Å². The third-order valence-corrected chi connectivity index (χ3v) is 3.53. The molecule has 1 amide bonds. The highest BCUT2D eigenvalue weighted by molar-refractivity contribution is 6.06. The van der Waals surface area contributed by atoms with Crippen LogP contribution in [0.3, 0.4) is 0 Å². The van der Waals surface area contributed by atoms with Gasteiger partial charge in [-0.15, -0.1) is 0 Å². The van der Waals surface area contributed by atoms with Gasteiger partial charge in [0.05, 0.1) is 11.3 Å². The van der Waals surface area contributed by atoms with Crippen LogP contribution in [0.25, 0.3) is 11.0 Å². The monoisotopic (exact) mass is 319 g/mol. The SMILES string of the molecule is Cc1c(C(=O)Nc2ccccc2C(F)(F)F)oc2ccccc12. The van der Waals surface area contributed by atoms with Crippen LogP contribution in [0.5, 0.6) is 0 Å². The molecule has 1 heterocycles. The number of alkyl halides is 3. The summed E-state index contributed by atoms with van der Waals surface area (Å²) in [6, 6.07) is 11.9. The Morgan fingerprint density at radius 2 is 1.70 bits per heavy atom. The Bertz CT molecular complexity index is 881. The number of rotatable bonds is 2. The lowest BCUT2D eigenvalue weighted by molar-refractivity contribution is -0.136. The van der Waals surface area contributed by atoms with Gasteiger partial charge in [-0.3, -0.25) is 4.79 Å². The number of para-hydroxylation sites is 2. The molecule has 0 aliphatic heterocycles. The molecular weight excluding hydrogens is 307 g/mol. The molecule has 0 saturated carbocycles. The number of aryl methyl sites for hydroxylation is 1. The summed E-state index contributed by atoms with van der Waals surface area (Å²) in [6.45, 7) is 1.69. The summed E-state index contributed by atoms with van der Waals surface area (Å²) in [5.74, 6) is -0.710. The molecule has 2 aromatic carbocycles. The van der Waals surface area contributed by atoms with Crippen LogP contribution in [0.2, 0.25) is 0 Å². The number of amides is 1. The van der Waals surface area contributed by atoms with Crippen LogP contribution in [0, 0.1) is 6.92 Å². The fourth-order valence-corrected chi connectivity index (χ4v) is 2.41. The standard InChI is InChI=1S/C17H12F3NO2/c1-10-11-6-2-5-9-14(11)23-15(10)16(22)21-13-8-4-3-7-12(13)17(18,19)20/h2-9H,1H3,(H,21,22). The molecular formula is C17H12F3NO2. The lowest BCUT2D eigenvalue weighted by Gasteiger charge is -2.12. The molecule has 0 radical (unpaired) electrons. The van der Waals surface area contributed by atoms with Crippen LogP contribution >= 0.6 is 0 Å². The van der Waals surface area contributed by atoms with Gasteiger partial charge in [-0.2, -0.15) is 13.2 Å². The average molecular weight is 319 g/mol. The van der Waals surface area contributed by atoms with E-state index < -0.39 is 17.6 Å². The second-order valence-corrected chi connectivity index (χ2v) is 5.05. The summed E-state index contributed by atoms with van der Waals surface area (Å²) < 4.78 is 44.4. The van der Waals surface area contributed by atoms with E-state index in [-0.39, 0.29) is 11.4 Å². The molecule has 3 rings (SSSR count). The lowest BCUT2D eigenvalue weighted by atomic mass is 10.1. The first kappa shape index (κ1) is 15.1. The van der Waals surface area contributed by atoms with E-state index in [2.05, 4.69) is 5.32 Å². The Labute approximate surface area is 129 Å². The average Bonchev–Trinajstić information content (AvgIpc) is 2.84. The van der Waals surface area contributed by atoms with Crippen molar-refractivity contribution in [2.45, 2.75) is 13.1 Å². The summed E-state index contributed by atoms with van der Waals surface area (Å²) in [7, 11) is 0. The van der Waals surface area contributed by atoms with Gasteiger partial charge < -0.3 is 9.73 Å². The minimum absolute atomic E-state index is 0.00294. The van der Waals surface area contributed by atoms with Crippen LogP contribution in [-0.2, 0) is 6.18 Å². The van der Waals surface area contributed by atoms with E-state index in [1.807, 2.05) is 0 Å². The van der Waals surface area contributed by atoms with Crippen molar-refractivity contribution in [2.24, 2.45) is 0 Å². The smallest absolute Gasteiger partial charge is 0.418 e. The second-order valence-electron chi connectivity index (χ2n) is 5.05. The number of carbonyl (C=O) groups is 1. The molecule has 6 heteroatoms. The number of nitrogens with one attached hydrogen (secondary N) is 1. The number of benzene rings is 2. The summed E-state index contributed by atoms with van der Waals surface area (Å²) in [4.78, 5) is 12.3. The largest absolute Gasteiger partial charge is 0.451 e. The molecule has 0 fully saturated rings. The van der Waals surface area contributed by atoms with Gasteiger partial charge in [-0.1, -0.05) is 30.3 Å². The molecule has 23 heavy (non-hydrogen) atoms. The Morgan fingerprint density at radius 3 is 2.39 bits per heavy atom. The molecule has 3 nitrogen and oxygen atoms in total. The maximum absolute atomic E-state index is 13.0. The number of carbonyl (C=O) groups excluding carboxylic acids is 1. The summed E-state index contributed by atoms with van der Waals surface area (Å²) in [5, 5.41) is 3.03. The topological polar surface area (TPSA) is 42.2 Å². The minimum atomic E-state index is -4.55. The van der Waals surface area contributed by atoms with Crippen molar-refractivity contribution in [1.82, 2.24) is 0 Å². The van der Waals surface area contributed by atoms with Crippen molar-refractivity contribution in [1.29, 1.82) is 0 Å². The van der Waals surface area contributed by atoms with E-state index in [9.17, 15) is 18.0 Å². The molecule has 0 aliphatic rings. The third kappa shape index (κ3) is 2.79. The summed E-state index contributed by atoms with van der Waals surface area (Å²) in [5.41, 5.74) is -0.103. The molecule has 0 saturated heterocycles. The third-order valence-electron chi connectivity index (χ3n) is 3.53. The molecule has 0 aliphatic carbocycles. The Hall–Kier alpha value is -2.76. The molecule has 0 atom stereocenters. The molecule has 0 spiro atoms. The molecule has 0 bridgehead atoms. The van der Waals surface area contributed by atoms with Crippen LogP contribution < -0.4 is 5.32 Å². The van der Waals surface area contributed by atoms with Crippen molar-refractivity contribution in [3.8, 4) is 0 Å². The number of halogens is 3. The lowest BCUT2D eigenvalue weighted by Crippen LogP contribution is -2.16. The predicted molar refractivity (Wildman–Crippen MR) is 80.3 cm³/mol. The van der Waals surface area contributed by atoms with E-state index in [1.54, 1.807) is 31.2 Å². The summed E-state index contributed by atoms with van der Waals surface area (Å²) >= 11 is 0. The highest BCUT2D eigenvalue weighted by Gasteiger charge is 2.34. The van der Waals surface area contributed by atoms with E-state index in [1.165, 1.54) is 18.2 Å². The van der Waals surface area contributed by atoms with Crippen molar-refractivity contribution in [3.05, 3.63) is 65.4 Å². The summed E-state index contributed by atoms with van der Waals surface area (Å²) in [6.07, 6.45) is -4.55. The molecule has 1 aromatic heterocycles. The second kappa shape index (κ2) is 5.46. The van der Waals surface area contributed by atoms with E-state index >= 15 is 0 Å². The first-order valence-corrected chi connectivity index (χ1v) is 6.83. The number of hydrogen-bond donors (Lipinski definition) is 1. The van der Waals surface area contributed by atoms with Gasteiger partial charge in [0, 0.05) is 10.9 Å². The van der Waals surface area contributed by atoms with Gasteiger partial charge in [0.25, 0.3) is 5.91 Å². The molecule has 0 unspecified atom stereocenters. The quantitative estimate of drug-likeness (QED) is 0.721. The van der Waals surface area contributed by atoms with Crippen molar-refractivity contribution in [3.63, 3.8) is 0 Å². The Morgan fingerprint density at radius 1 is 1.04 bits per heavy atom. The van der Waals surface area contributed by atoms with Crippen molar-refractivity contribution in [2.75, 3.05) is 5.32 Å². The number of anilines is 1. The van der Waals surface area contributed by atoms with Crippen LogP contribution in [0.4, 0.5) is 18.9 Å². The zero-order chi connectivity index (χ0) is 16.6. The Kier molecular flexibility index (Phi) is 3.60. The van der Waals surface area contributed by atoms with Crippen molar-refractivity contribution >= 4 is 22.6 Å². The number of hydrogen-bond acceptors (Lipinski definition) is 2. The maximum atomic E-state index is 13.0. The zero-order valence-corrected chi connectivity index (χ0v) is 12.1. The molecule has 118 valence electrons. The van der Waals surface area contributed by atoms with Gasteiger partial charge >= 0.3 is 6.18 Å². The highest BCUT2D eigenvalue weighted by Crippen LogP contribution is 2.35. The van der Waals surface area contributed by atoms with Gasteiger partial charge in [0.2, 0.25) is 0 Å². The zero-order valence-electron chi connectivity index (χ0n) is 12.1. The normalized spacial score (nSPS) is 11.7. The minimum Gasteiger partial charge on any atom is -0.451 e. The number of furan rings is 1. The Balaban J connectivity index is 1.97. The van der Waals surface area contributed by atoms with Gasteiger partial charge in [0.1, 0.15) is 5.58 Å². The first-order chi connectivity index (χ1) is 10.9. The van der Waals surface area contributed by atoms with Gasteiger partial charge in [-0.05, 0) is 25.1 Å². The van der Waals surface area contributed by atoms with Crippen molar-refractivity contribution < 1.29 is 22.4 Å². The maximum Gasteiger partial charge on any atom is 0.418 e. The first-order valence-electron chi connectivity index (χ1n) is 6.83. The molecule has 3 aromatic rings. The van der Waals surface area contributed by atoms with Crippen LogP contribution in [0.15, 0.2) is 52.9 Å². The van der Waals surface area contributed by atoms with Gasteiger partial charge in [-0.25, -0.2) is 0 Å². The van der Waals surface area contributed by atoms with Crippen LogP contribution in [0.1, 0.15) is 21.7 Å². The number of fused-ring (bicyclic) bond motifs is 1. The van der Waals surface area contributed by atoms with E-state index in [0.29, 0.717) is 11.1 Å². The highest BCUT2D eigenvalue weighted by atomic mass is 19.4. The van der Waals surface area contributed by atoms with E-state index in [0.717, 1.165) is 11.5 Å². The molecule has 1 N–H and O–H groups in total. The van der Waals surface area contributed by atoms with Crippen LogP contribution in [-0.4, -0.2) is 5.91 Å². The van der Waals surface area contributed by atoms with E-state index in [4.69, 9.17) is 4.42 Å².